The van der Waals surface area contributed by atoms with E-state index in [1.165, 1.54) is 0 Å². The van der Waals surface area contributed by atoms with Crippen LogP contribution in [0.5, 0.6) is 0 Å². The van der Waals surface area contributed by atoms with Crippen LogP contribution >= 0.6 is 0 Å². The number of fused-ring (bicyclic) bond motifs is 1. The monoisotopic (exact) mass is 386 g/mol. The molecule has 1 unspecified atom stereocenters. The minimum Gasteiger partial charge on any atom is -0.360 e. The molecule has 0 saturated heterocycles. The molecule has 4 atom stereocenters. The third-order valence-corrected chi connectivity index (χ3v) is 6.45. The Bertz CT molecular complexity index is 1150. The number of aromatic nitrogens is 2. The van der Waals surface area contributed by atoms with Crippen molar-refractivity contribution in [2.24, 2.45) is 11.8 Å². The molecule has 4 heterocycles. The zero-order valence-corrected chi connectivity index (χ0v) is 15.7. The van der Waals surface area contributed by atoms with E-state index < -0.39 is 5.54 Å². The first-order valence-corrected chi connectivity index (χ1v) is 9.66. The maximum atomic E-state index is 13.1. The number of nitrogens with one attached hydrogen (secondary N) is 1. The Morgan fingerprint density at radius 1 is 1.21 bits per heavy atom. The largest absolute Gasteiger partial charge is 0.360 e. The van der Waals surface area contributed by atoms with Gasteiger partial charge in [-0.05, 0) is 23.1 Å². The molecule has 2 aromatic heterocycles. The summed E-state index contributed by atoms with van der Waals surface area (Å²) >= 11 is 0. The minimum absolute atomic E-state index is 0.109. The summed E-state index contributed by atoms with van der Waals surface area (Å²) in [4.78, 5) is 31.9. The van der Waals surface area contributed by atoms with Gasteiger partial charge < -0.3 is 9.84 Å². The highest BCUT2D eigenvalue weighted by Gasteiger charge is 2.90. The normalized spacial score (nSPS) is 28.2. The number of nitrogens with zero attached hydrogens (tertiary/aromatic N) is 3. The predicted octanol–water partition coefficient (Wildman–Crippen LogP) is 2.15. The molecular weight excluding hydrogens is 368 g/mol. The fourth-order valence-corrected chi connectivity index (χ4v) is 4.97. The first-order chi connectivity index (χ1) is 14.1. The van der Waals surface area contributed by atoms with E-state index in [0.717, 1.165) is 11.1 Å². The molecule has 7 rings (SSSR count). The lowest BCUT2D eigenvalue weighted by atomic mass is 9.93. The molecular formula is C22H18N4O3. The molecule has 1 N–H and O–H groups in total. The molecule has 2 fully saturated rings. The highest BCUT2D eigenvalue weighted by molar-refractivity contribution is 6.10. The second kappa shape index (κ2) is 5.53. The summed E-state index contributed by atoms with van der Waals surface area (Å²) in [7, 11) is 1.72. The number of carbonyl (C=O) groups is 2. The summed E-state index contributed by atoms with van der Waals surface area (Å²) < 4.78 is 5.34. The van der Waals surface area contributed by atoms with Gasteiger partial charge in [-0.1, -0.05) is 41.6 Å². The fourth-order valence-electron chi connectivity index (χ4n) is 4.97. The molecule has 2 aliphatic heterocycles. The molecule has 7 nitrogen and oxygen atoms in total. The van der Waals surface area contributed by atoms with Crippen LogP contribution in [0.25, 0.3) is 0 Å². The van der Waals surface area contributed by atoms with Crippen LogP contribution in [0.4, 0.5) is 5.82 Å². The summed E-state index contributed by atoms with van der Waals surface area (Å²) in [6.45, 7) is 0. The van der Waals surface area contributed by atoms with Crippen LogP contribution in [0.3, 0.4) is 0 Å². The minimum atomic E-state index is -0.838. The Morgan fingerprint density at radius 3 is 2.79 bits per heavy atom. The van der Waals surface area contributed by atoms with Crippen LogP contribution in [0.2, 0.25) is 0 Å². The van der Waals surface area contributed by atoms with Gasteiger partial charge in [0.15, 0.2) is 5.69 Å². The Hall–Kier alpha value is -3.48. The summed E-state index contributed by atoms with van der Waals surface area (Å²) in [6, 6.07) is 15.4. The van der Waals surface area contributed by atoms with Gasteiger partial charge in [0, 0.05) is 37.6 Å². The number of rotatable bonds is 4. The van der Waals surface area contributed by atoms with E-state index in [1.54, 1.807) is 24.2 Å². The van der Waals surface area contributed by atoms with Crippen molar-refractivity contribution in [1.29, 1.82) is 0 Å². The van der Waals surface area contributed by atoms with E-state index in [2.05, 4.69) is 15.5 Å². The predicted molar refractivity (Wildman–Crippen MR) is 103 cm³/mol. The molecule has 7 heteroatoms. The molecule has 4 aliphatic rings. The molecule has 2 bridgehead atoms. The van der Waals surface area contributed by atoms with Gasteiger partial charge in [0.05, 0.1) is 0 Å². The van der Waals surface area contributed by atoms with Crippen molar-refractivity contribution >= 4 is 17.6 Å². The van der Waals surface area contributed by atoms with Crippen LogP contribution in [0.15, 0.2) is 59.3 Å². The van der Waals surface area contributed by atoms with E-state index in [-0.39, 0.29) is 29.3 Å². The number of hydrogen-bond acceptors (Lipinski definition) is 5. The Balaban J connectivity index is 1.22. The first-order valence-electron chi connectivity index (χ1n) is 9.66. The molecule has 2 saturated carbocycles. The molecule has 144 valence electrons. The van der Waals surface area contributed by atoms with Gasteiger partial charge in [-0.2, -0.15) is 0 Å². The van der Waals surface area contributed by atoms with E-state index in [1.807, 2.05) is 42.5 Å². The van der Waals surface area contributed by atoms with Crippen molar-refractivity contribution in [3.05, 3.63) is 77.3 Å². The number of amides is 2. The standard InChI is InChI=1S/C22H18N4O3/c1-26-19-14(8-5-9-23-19)16-17-18(16)22(17,21(26)28)24-20(27)15-11-13(29-25-15)10-12-6-3-2-4-7-12/h2-9,11,16-18H,10H2,1H3,(H,24,27)/t16-,17+,18?,22+/m0/s1. The van der Waals surface area contributed by atoms with E-state index in [9.17, 15) is 9.59 Å². The third kappa shape index (κ3) is 2.18. The van der Waals surface area contributed by atoms with Gasteiger partial charge in [-0.3, -0.25) is 14.5 Å². The average Bonchev–Trinajstić information content (AvgIpc) is 3.60. The molecule has 2 amide bonds. The fraction of sp³-hybridized carbons (Fsp3) is 0.273. The molecule has 1 aromatic carbocycles. The van der Waals surface area contributed by atoms with Crippen molar-refractivity contribution in [2.75, 3.05) is 11.9 Å². The number of carbonyl (C=O) groups excluding carboxylic acids is 2. The lowest BCUT2D eigenvalue weighted by Gasteiger charge is -2.25. The summed E-state index contributed by atoms with van der Waals surface area (Å²) in [5, 5.41) is 6.88. The number of hydrogen-bond donors (Lipinski definition) is 1. The average molecular weight is 386 g/mol. The maximum Gasteiger partial charge on any atom is 0.274 e. The molecule has 0 radical (unpaired) electrons. The van der Waals surface area contributed by atoms with Gasteiger partial charge in [0.2, 0.25) is 0 Å². The van der Waals surface area contributed by atoms with E-state index in [0.29, 0.717) is 23.9 Å². The Morgan fingerprint density at radius 2 is 2.00 bits per heavy atom. The molecule has 3 aromatic rings. The summed E-state index contributed by atoms with van der Waals surface area (Å²) in [5.41, 5.74) is 1.53. The third-order valence-electron chi connectivity index (χ3n) is 6.45. The first kappa shape index (κ1) is 16.5. The van der Waals surface area contributed by atoms with Crippen molar-refractivity contribution in [3.63, 3.8) is 0 Å². The summed E-state index contributed by atoms with van der Waals surface area (Å²) in [6.07, 6.45) is 2.25. The second-order valence-corrected chi connectivity index (χ2v) is 8.02. The Labute approximate surface area is 166 Å². The maximum absolute atomic E-state index is 13.1. The van der Waals surface area contributed by atoms with Crippen molar-refractivity contribution in [2.45, 2.75) is 17.9 Å². The van der Waals surface area contributed by atoms with Crippen LogP contribution < -0.4 is 10.2 Å². The van der Waals surface area contributed by atoms with Crippen LogP contribution in [-0.2, 0) is 11.2 Å². The highest BCUT2D eigenvalue weighted by Crippen LogP contribution is 2.82. The zero-order chi connectivity index (χ0) is 19.8. The SMILES string of the molecule is CN1C(=O)[C@]2(NC(=O)c3cc(Cc4ccccc4)on3)C3[C@@H](c4cccnc41)[C@H]32. The lowest BCUT2D eigenvalue weighted by molar-refractivity contribution is -0.122. The Kier molecular flexibility index (Phi) is 3.14. The topological polar surface area (TPSA) is 88.3 Å². The summed E-state index contributed by atoms with van der Waals surface area (Å²) in [5.74, 6) is 1.39. The van der Waals surface area contributed by atoms with Gasteiger partial charge in [0.1, 0.15) is 17.1 Å². The highest BCUT2D eigenvalue weighted by atomic mass is 16.5. The van der Waals surface area contributed by atoms with Crippen molar-refractivity contribution in [3.8, 4) is 0 Å². The molecule has 2 aliphatic carbocycles. The van der Waals surface area contributed by atoms with Crippen LogP contribution in [0.1, 0.15) is 33.3 Å². The van der Waals surface area contributed by atoms with E-state index in [4.69, 9.17) is 4.52 Å². The second-order valence-electron chi connectivity index (χ2n) is 8.02. The number of pyridine rings is 1. The molecule has 0 spiro atoms. The smallest absolute Gasteiger partial charge is 0.274 e. The van der Waals surface area contributed by atoms with Gasteiger partial charge in [-0.25, -0.2) is 4.98 Å². The van der Waals surface area contributed by atoms with Crippen molar-refractivity contribution < 1.29 is 14.1 Å². The van der Waals surface area contributed by atoms with Gasteiger partial charge >= 0.3 is 0 Å². The van der Waals surface area contributed by atoms with Gasteiger partial charge in [-0.15, -0.1) is 0 Å². The van der Waals surface area contributed by atoms with Gasteiger partial charge in [0.25, 0.3) is 11.8 Å². The number of likely N-dealkylation sites (N-methyl/N-ethyl adjacent to an activating group) is 1. The van der Waals surface area contributed by atoms with E-state index >= 15 is 0 Å². The lowest BCUT2D eigenvalue weighted by Crippen LogP contribution is -2.54. The number of benzene rings is 1. The number of anilines is 1. The van der Waals surface area contributed by atoms with Crippen LogP contribution in [0, 0.1) is 11.8 Å². The van der Waals surface area contributed by atoms with Crippen LogP contribution in [-0.4, -0.2) is 34.5 Å². The van der Waals surface area contributed by atoms with Crippen molar-refractivity contribution in [1.82, 2.24) is 15.5 Å². The zero-order valence-electron chi connectivity index (χ0n) is 15.7. The molecule has 29 heavy (non-hydrogen) atoms. The quantitative estimate of drug-likeness (QED) is 0.742.